The molecule has 2 N–H and O–H groups in total. The monoisotopic (exact) mass is 394 g/mol. The van der Waals surface area contributed by atoms with Crippen molar-refractivity contribution >= 4 is 21.6 Å². The highest BCUT2D eigenvalue weighted by atomic mass is 32.2. The Hall–Kier alpha value is -1.48. The Morgan fingerprint density at radius 1 is 1.07 bits per heavy atom. The lowest BCUT2D eigenvalue weighted by Gasteiger charge is -2.31. The van der Waals surface area contributed by atoms with E-state index in [9.17, 15) is 13.2 Å². The molecule has 1 unspecified atom stereocenters. The molecule has 0 aliphatic carbocycles. The van der Waals surface area contributed by atoms with Gasteiger partial charge in [-0.25, -0.2) is 8.42 Å². The molecule has 1 amide bonds. The molecule has 0 radical (unpaired) electrons. The van der Waals surface area contributed by atoms with Gasteiger partial charge < -0.3 is 10.6 Å². The molecule has 150 valence electrons. The number of benzene rings is 1. The lowest BCUT2D eigenvalue weighted by atomic mass is 10.1. The van der Waals surface area contributed by atoms with E-state index < -0.39 is 10.0 Å². The number of piperidine rings is 2. The van der Waals surface area contributed by atoms with Gasteiger partial charge in [-0.2, -0.15) is 4.31 Å². The SMILES string of the molecule is CNC1CCCN(CC(=O)Nc2ccc(S(=O)(=O)N3CCCCC3)cc2)C1. The molecule has 8 heteroatoms. The summed E-state index contributed by atoms with van der Waals surface area (Å²) < 4.78 is 26.9. The first-order valence-corrected chi connectivity index (χ1v) is 11.2. The van der Waals surface area contributed by atoms with Gasteiger partial charge in [0.1, 0.15) is 0 Å². The summed E-state index contributed by atoms with van der Waals surface area (Å²) in [7, 11) is -1.48. The van der Waals surface area contributed by atoms with Crippen LogP contribution in [-0.4, -0.2) is 69.3 Å². The Bertz CT molecular complexity index is 730. The van der Waals surface area contributed by atoms with Crippen LogP contribution < -0.4 is 10.6 Å². The minimum Gasteiger partial charge on any atom is -0.325 e. The number of rotatable bonds is 6. The van der Waals surface area contributed by atoms with Crippen LogP contribution in [-0.2, 0) is 14.8 Å². The van der Waals surface area contributed by atoms with Gasteiger partial charge in [0.25, 0.3) is 0 Å². The van der Waals surface area contributed by atoms with Crippen molar-refractivity contribution in [3.63, 3.8) is 0 Å². The van der Waals surface area contributed by atoms with Crippen molar-refractivity contribution in [2.45, 2.75) is 43.0 Å². The number of nitrogens with one attached hydrogen (secondary N) is 2. The number of hydrogen-bond donors (Lipinski definition) is 2. The number of hydrogen-bond acceptors (Lipinski definition) is 5. The van der Waals surface area contributed by atoms with Crippen molar-refractivity contribution in [1.82, 2.24) is 14.5 Å². The second-order valence-electron chi connectivity index (χ2n) is 7.40. The molecule has 0 bridgehead atoms. The molecule has 1 atom stereocenters. The zero-order valence-electron chi connectivity index (χ0n) is 16.0. The maximum absolute atomic E-state index is 12.7. The van der Waals surface area contributed by atoms with E-state index in [-0.39, 0.29) is 10.8 Å². The van der Waals surface area contributed by atoms with Crippen LogP contribution in [0.3, 0.4) is 0 Å². The van der Waals surface area contributed by atoms with Gasteiger partial charge in [-0.15, -0.1) is 0 Å². The molecule has 2 aliphatic heterocycles. The van der Waals surface area contributed by atoms with Crippen molar-refractivity contribution in [1.29, 1.82) is 0 Å². The Morgan fingerprint density at radius 2 is 1.78 bits per heavy atom. The second kappa shape index (κ2) is 9.14. The van der Waals surface area contributed by atoms with E-state index in [4.69, 9.17) is 0 Å². The van der Waals surface area contributed by atoms with Gasteiger partial charge in [-0.1, -0.05) is 6.42 Å². The smallest absolute Gasteiger partial charge is 0.243 e. The van der Waals surface area contributed by atoms with E-state index in [0.717, 1.165) is 45.2 Å². The largest absolute Gasteiger partial charge is 0.325 e. The van der Waals surface area contributed by atoms with E-state index in [2.05, 4.69) is 15.5 Å². The fourth-order valence-electron chi connectivity index (χ4n) is 3.80. The van der Waals surface area contributed by atoms with Crippen LogP contribution in [0.25, 0.3) is 0 Å². The highest BCUT2D eigenvalue weighted by Gasteiger charge is 2.26. The maximum Gasteiger partial charge on any atom is 0.243 e. The third-order valence-electron chi connectivity index (χ3n) is 5.37. The normalized spacial score (nSPS) is 22.5. The van der Waals surface area contributed by atoms with Crippen LogP contribution in [0.2, 0.25) is 0 Å². The van der Waals surface area contributed by atoms with Crippen LogP contribution in [0.1, 0.15) is 32.1 Å². The van der Waals surface area contributed by atoms with Crippen molar-refractivity contribution in [3.8, 4) is 0 Å². The predicted molar refractivity (Wildman–Crippen MR) is 106 cm³/mol. The predicted octanol–water partition coefficient (Wildman–Crippen LogP) is 1.48. The molecule has 2 saturated heterocycles. The number of amides is 1. The number of likely N-dealkylation sites (tertiary alicyclic amines) is 1. The molecular formula is C19H30N4O3S. The summed E-state index contributed by atoms with van der Waals surface area (Å²) in [5, 5.41) is 6.14. The van der Waals surface area contributed by atoms with Gasteiger partial charge in [0.2, 0.25) is 15.9 Å². The van der Waals surface area contributed by atoms with Crippen molar-refractivity contribution in [2.75, 3.05) is 45.1 Å². The fourth-order valence-corrected chi connectivity index (χ4v) is 5.32. The molecule has 1 aromatic rings. The summed E-state index contributed by atoms with van der Waals surface area (Å²) in [6.07, 6.45) is 5.14. The molecular weight excluding hydrogens is 364 g/mol. The Morgan fingerprint density at radius 3 is 2.44 bits per heavy atom. The number of nitrogens with zero attached hydrogens (tertiary/aromatic N) is 2. The van der Waals surface area contributed by atoms with Crippen LogP contribution in [0, 0.1) is 0 Å². The molecule has 7 nitrogen and oxygen atoms in total. The Kier molecular flexibility index (Phi) is 6.86. The number of carbonyl (C=O) groups excluding carboxylic acids is 1. The number of sulfonamides is 1. The van der Waals surface area contributed by atoms with E-state index in [1.54, 1.807) is 28.6 Å². The molecule has 0 spiro atoms. The fraction of sp³-hybridized carbons (Fsp3) is 0.632. The van der Waals surface area contributed by atoms with Gasteiger partial charge in [-0.05, 0) is 63.5 Å². The van der Waals surface area contributed by atoms with Gasteiger partial charge in [0.05, 0.1) is 11.4 Å². The maximum atomic E-state index is 12.7. The quantitative estimate of drug-likeness (QED) is 0.764. The molecule has 0 saturated carbocycles. The molecule has 2 heterocycles. The van der Waals surface area contributed by atoms with E-state index in [1.165, 1.54) is 0 Å². The average Bonchev–Trinajstić information content (AvgIpc) is 2.69. The second-order valence-corrected chi connectivity index (χ2v) is 9.34. The van der Waals surface area contributed by atoms with Gasteiger partial charge in [0.15, 0.2) is 0 Å². The van der Waals surface area contributed by atoms with Crippen LogP contribution in [0.15, 0.2) is 29.2 Å². The third kappa shape index (κ3) is 5.28. The lowest BCUT2D eigenvalue weighted by molar-refractivity contribution is -0.117. The minimum absolute atomic E-state index is 0.0709. The number of anilines is 1. The van der Waals surface area contributed by atoms with E-state index in [1.807, 2.05) is 7.05 Å². The summed E-state index contributed by atoms with van der Waals surface area (Å²) in [4.78, 5) is 14.7. The summed E-state index contributed by atoms with van der Waals surface area (Å²) in [5.41, 5.74) is 0.625. The van der Waals surface area contributed by atoms with Gasteiger partial charge >= 0.3 is 0 Å². The number of likely N-dealkylation sites (N-methyl/N-ethyl adjacent to an activating group) is 1. The highest BCUT2D eigenvalue weighted by molar-refractivity contribution is 7.89. The van der Waals surface area contributed by atoms with Crippen LogP contribution >= 0.6 is 0 Å². The zero-order chi connectivity index (χ0) is 19.3. The summed E-state index contributed by atoms with van der Waals surface area (Å²) in [5.74, 6) is -0.0709. The summed E-state index contributed by atoms with van der Waals surface area (Å²) >= 11 is 0. The molecule has 2 fully saturated rings. The first-order chi connectivity index (χ1) is 13.0. The van der Waals surface area contributed by atoms with Crippen molar-refractivity contribution in [3.05, 3.63) is 24.3 Å². The van der Waals surface area contributed by atoms with Crippen molar-refractivity contribution in [2.24, 2.45) is 0 Å². The lowest BCUT2D eigenvalue weighted by Crippen LogP contribution is -2.46. The van der Waals surface area contributed by atoms with Crippen molar-refractivity contribution < 1.29 is 13.2 Å². The number of carbonyl (C=O) groups is 1. The average molecular weight is 395 g/mol. The molecule has 3 rings (SSSR count). The zero-order valence-corrected chi connectivity index (χ0v) is 16.8. The van der Waals surface area contributed by atoms with E-state index >= 15 is 0 Å². The van der Waals surface area contributed by atoms with Crippen LogP contribution in [0.5, 0.6) is 0 Å². The molecule has 2 aliphatic rings. The third-order valence-corrected chi connectivity index (χ3v) is 7.28. The Labute approximate surface area is 162 Å². The van der Waals surface area contributed by atoms with Gasteiger partial charge in [0, 0.05) is 31.4 Å². The highest BCUT2D eigenvalue weighted by Crippen LogP contribution is 2.22. The first-order valence-electron chi connectivity index (χ1n) is 9.79. The van der Waals surface area contributed by atoms with Gasteiger partial charge in [-0.3, -0.25) is 9.69 Å². The molecule has 1 aromatic carbocycles. The van der Waals surface area contributed by atoms with E-state index in [0.29, 0.717) is 31.4 Å². The molecule has 27 heavy (non-hydrogen) atoms. The molecule has 0 aromatic heterocycles. The van der Waals surface area contributed by atoms with Crippen LogP contribution in [0.4, 0.5) is 5.69 Å². The topological polar surface area (TPSA) is 81.8 Å². The minimum atomic E-state index is -3.43. The first kappa shape index (κ1) is 20.3. The Balaban J connectivity index is 1.56. The summed E-state index contributed by atoms with van der Waals surface area (Å²) in [6, 6.07) is 6.93. The summed E-state index contributed by atoms with van der Waals surface area (Å²) in [6.45, 7) is 3.33. The standard InChI is InChI=1S/C19H30N4O3S/c1-20-17-6-5-11-22(14-17)15-19(24)21-16-7-9-18(10-8-16)27(25,26)23-12-3-2-4-13-23/h7-10,17,20H,2-6,11-15H2,1H3,(H,21,24).